The highest BCUT2D eigenvalue weighted by Gasteiger charge is 2.19. The molecule has 0 bridgehead atoms. The zero-order chi connectivity index (χ0) is 8.54. The lowest BCUT2D eigenvalue weighted by molar-refractivity contribution is 0.614. The van der Waals surface area contributed by atoms with Crippen molar-refractivity contribution in [3.05, 3.63) is 12.2 Å². The van der Waals surface area contributed by atoms with Gasteiger partial charge in [0, 0.05) is 18.2 Å². The Kier molecular flexibility index (Phi) is 1.89. The van der Waals surface area contributed by atoms with Gasteiger partial charge in [0.25, 0.3) is 0 Å². The van der Waals surface area contributed by atoms with E-state index in [0.29, 0.717) is 0 Å². The van der Waals surface area contributed by atoms with E-state index >= 15 is 0 Å². The van der Waals surface area contributed by atoms with Crippen LogP contribution >= 0.6 is 0 Å². The summed E-state index contributed by atoms with van der Waals surface area (Å²) in [5.41, 5.74) is 5.64. The molecule has 1 unspecified atom stereocenters. The minimum Gasteiger partial charge on any atom is -0.322 e. The average Bonchev–Trinajstić information content (AvgIpc) is 1.92. The first kappa shape index (κ1) is 8.47. The van der Waals surface area contributed by atoms with Crippen LogP contribution in [0.2, 0.25) is 0 Å². The molecular weight excluding hydrogens is 136 g/mol. The fraction of sp³-hybridized carbons (Fsp3) is 0.667. The van der Waals surface area contributed by atoms with Gasteiger partial charge in [-0.15, -0.1) is 0 Å². The molecule has 11 heavy (non-hydrogen) atoms. The highest BCUT2D eigenvalue weighted by molar-refractivity contribution is 5.61. The Morgan fingerprint density at radius 3 is 2.55 bits per heavy atom. The monoisotopic (exact) mass is 152 g/mol. The van der Waals surface area contributed by atoms with Crippen molar-refractivity contribution in [3.8, 4) is 0 Å². The van der Waals surface area contributed by atoms with Crippen molar-refractivity contribution in [3.63, 3.8) is 0 Å². The molecular formula is C9H16N2. The molecule has 2 nitrogen and oxygen atoms in total. The summed E-state index contributed by atoms with van der Waals surface area (Å²) in [4.78, 5) is 4.36. The van der Waals surface area contributed by atoms with Crippen molar-refractivity contribution >= 4 is 6.21 Å². The van der Waals surface area contributed by atoms with E-state index in [1.165, 1.54) is 0 Å². The highest BCUT2D eigenvalue weighted by Crippen LogP contribution is 2.18. The lowest BCUT2D eigenvalue weighted by Gasteiger charge is -2.16. The third-order valence-electron chi connectivity index (χ3n) is 1.83. The Morgan fingerprint density at radius 2 is 1.91 bits per heavy atom. The van der Waals surface area contributed by atoms with E-state index in [4.69, 9.17) is 5.73 Å². The van der Waals surface area contributed by atoms with Crippen molar-refractivity contribution in [1.29, 1.82) is 0 Å². The summed E-state index contributed by atoms with van der Waals surface area (Å²) < 4.78 is 0. The van der Waals surface area contributed by atoms with Crippen molar-refractivity contribution in [2.45, 2.75) is 38.3 Å². The number of nitrogens with zero attached hydrogens (tertiary/aromatic N) is 1. The molecule has 0 fully saturated rings. The van der Waals surface area contributed by atoms with E-state index in [1.54, 1.807) is 0 Å². The molecule has 2 heteroatoms. The van der Waals surface area contributed by atoms with Gasteiger partial charge in [-0.1, -0.05) is 12.2 Å². The maximum absolute atomic E-state index is 5.92. The van der Waals surface area contributed by atoms with E-state index in [2.05, 4.69) is 24.9 Å². The lowest BCUT2D eigenvalue weighted by Crippen LogP contribution is -2.33. The summed E-state index contributed by atoms with van der Waals surface area (Å²) in [6, 6.07) is 0. The zero-order valence-electron chi connectivity index (χ0n) is 7.46. The normalized spacial score (nSPS) is 35.3. The summed E-state index contributed by atoms with van der Waals surface area (Å²) >= 11 is 0. The number of hydrogen-bond donors (Lipinski definition) is 1. The zero-order valence-corrected chi connectivity index (χ0v) is 7.46. The van der Waals surface area contributed by atoms with Gasteiger partial charge in [-0.25, -0.2) is 0 Å². The van der Waals surface area contributed by atoms with Crippen molar-refractivity contribution < 1.29 is 0 Å². The Hall–Kier alpha value is -0.630. The van der Waals surface area contributed by atoms with Gasteiger partial charge in [-0.05, 0) is 20.8 Å². The van der Waals surface area contributed by atoms with Crippen LogP contribution < -0.4 is 5.73 Å². The summed E-state index contributed by atoms with van der Waals surface area (Å²) in [6.45, 7) is 6.15. The van der Waals surface area contributed by atoms with Crippen LogP contribution in [0.1, 0.15) is 27.2 Å². The molecule has 1 rings (SSSR count). The predicted octanol–water partition coefficient (Wildman–Crippen LogP) is 1.51. The molecule has 0 saturated carbocycles. The maximum Gasteiger partial charge on any atom is 0.0728 e. The van der Waals surface area contributed by atoms with Gasteiger partial charge in [0.05, 0.1) is 5.54 Å². The van der Waals surface area contributed by atoms with Crippen LogP contribution in [-0.4, -0.2) is 17.3 Å². The minimum absolute atomic E-state index is 0.0723. The second-order valence-electron chi connectivity index (χ2n) is 4.01. The maximum atomic E-state index is 5.92. The molecule has 0 aromatic rings. The fourth-order valence-corrected chi connectivity index (χ4v) is 0.983. The van der Waals surface area contributed by atoms with Crippen LogP contribution in [0.4, 0.5) is 0 Å². The molecule has 2 N–H and O–H groups in total. The molecule has 0 amide bonds. The van der Waals surface area contributed by atoms with Crippen LogP contribution in [0, 0.1) is 0 Å². The van der Waals surface area contributed by atoms with E-state index in [-0.39, 0.29) is 11.1 Å². The standard InChI is InChI=1S/C9H16N2/c1-8(2)4-5-9(3,10)6-7-11-8/h4-5,7H,6,10H2,1-3H3. The smallest absolute Gasteiger partial charge is 0.0728 e. The predicted molar refractivity (Wildman–Crippen MR) is 48.9 cm³/mol. The quantitative estimate of drug-likeness (QED) is 0.525. The minimum atomic E-state index is -0.211. The summed E-state index contributed by atoms with van der Waals surface area (Å²) in [6.07, 6.45) is 6.85. The van der Waals surface area contributed by atoms with Gasteiger partial charge in [-0.2, -0.15) is 0 Å². The number of hydrogen-bond acceptors (Lipinski definition) is 2. The van der Waals surface area contributed by atoms with E-state index < -0.39 is 0 Å². The molecule has 0 aromatic carbocycles. The van der Waals surface area contributed by atoms with Crippen LogP contribution in [0.25, 0.3) is 0 Å². The largest absolute Gasteiger partial charge is 0.322 e. The average molecular weight is 152 g/mol. The third-order valence-corrected chi connectivity index (χ3v) is 1.83. The van der Waals surface area contributed by atoms with Gasteiger partial charge >= 0.3 is 0 Å². The van der Waals surface area contributed by atoms with Crippen molar-refractivity contribution in [2.24, 2.45) is 10.7 Å². The second-order valence-corrected chi connectivity index (χ2v) is 4.01. The number of rotatable bonds is 0. The Bertz CT molecular complexity index is 200. The molecule has 1 aliphatic heterocycles. The van der Waals surface area contributed by atoms with E-state index in [1.807, 2.05) is 19.2 Å². The number of aliphatic imine (C=N–C) groups is 1. The lowest BCUT2D eigenvalue weighted by atomic mass is 9.98. The van der Waals surface area contributed by atoms with Gasteiger partial charge in [0.15, 0.2) is 0 Å². The molecule has 1 atom stereocenters. The molecule has 0 aromatic heterocycles. The molecule has 0 spiro atoms. The summed E-state index contributed by atoms with van der Waals surface area (Å²) in [5, 5.41) is 0. The van der Waals surface area contributed by atoms with Gasteiger partial charge in [0.2, 0.25) is 0 Å². The molecule has 1 aliphatic rings. The molecule has 0 saturated heterocycles. The first-order chi connectivity index (χ1) is 4.91. The Labute approximate surface area is 68.2 Å². The van der Waals surface area contributed by atoms with Crippen LogP contribution in [-0.2, 0) is 0 Å². The first-order valence-corrected chi connectivity index (χ1v) is 3.94. The molecule has 0 radical (unpaired) electrons. The second kappa shape index (κ2) is 2.45. The highest BCUT2D eigenvalue weighted by atomic mass is 14.8. The molecule has 0 aliphatic carbocycles. The summed E-state index contributed by atoms with van der Waals surface area (Å²) in [7, 11) is 0. The van der Waals surface area contributed by atoms with Crippen LogP contribution in [0.5, 0.6) is 0 Å². The topological polar surface area (TPSA) is 38.4 Å². The van der Waals surface area contributed by atoms with Crippen molar-refractivity contribution in [1.82, 2.24) is 0 Å². The summed E-state index contributed by atoms with van der Waals surface area (Å²) in [5.74, 6) is 0. The Balaban J connectivity index is 2.86. The number of nitrogens with two attached hydrogens (primary N) is 1. The van der Waals surface area contributed by atoms with Crippen LogP contribution in [0.3, 0.4) is 0 Å². The van der Waals surface area contributed by atoms with Crippen molar-refractivity contribution in [2.75, 3.05) is 0 Å². The SMILES string of the molecule is CC1(N)C=CC(C)(C)N=CC1. The first-order valence-electron chi connectivity index (χ1n) is 3.94. The van der Waals surface area contributed by atoms with E-state index in [0.717, 1.165) is 6.42 Å². The molecule has 62 valence electrons. The van der Waals surface area contributed by atoms with Gasteiger partial charge in [0.1, 0.15) is 0 Å². The van der Waals surface area contributed by atoms with Crippen LogP contribution in [0.15, 0.2) is 17.1 Å². The third kappa shape index (κ3) is 2.46. The van der Waals surface area contributed by atoms with Gasteiger partial charge in [-0.3, -0.25) is 4.99 Å². The molecule has 1 heterocycles. The van der Waals surface area contributed by atoms with Gasteiger partial charge < -0.3 is 5.73 Å². The van der Waals surface area contributed by atoms with E-state index in [9.17, 15) is 0 Å². The Morgan fingerprint density at radius 1 is 1.27 bits per heavy atom. The fourth-order valence-electron chi connectivity index (χ4n) is 0.983.